The highest BCUT2D eigenvalue weighted by molar-refractivity contribution is 9.10. The molecular weight excluding hydrogens is 759 g/mol. The van der Waals surface area contributed by atoms with E-state index in [-0.39, 0.29) is 5.75 Å². The van der Waals surface area contributed by atoms with Gasteiger partial charge in [-0.15, -0.1) is 0 Å². The molecule has 0 fully saturated rings. The number of aromatic nitrogens is 2. The van der Waals surface area contributed by atoms with Crippen molar-refractivity contribution >= 4 is 67.2 Å². The zero-order valence-electron chi connectivity index (χ0n) is 30.1. The minimum Gasteiger partial charge on any atom is -0.537 e. The number of rotatable bonds is 5. The lowest BCUT2D eigenvalue weighted by atomic mass is 10.1. The Balaban J connectivity index is 0.000000133. The minimum absolute atomic E-state index is 0.286. The normalized spacial score (nSPS) is 10.8. The summed E-state index contributed by atoms with van der Waals surface area (Å²) in [5.74, 6) is 1.18. The molecule has 0 amide bonds. The lowest BCUT2D eigenvalue weighted by Gasteiger charge is -2.09. The Kier molecular flexibility index (Phi) is 10.6. The van der Waals surface area contributed by atoms with Crippen LogP contribution in [0.5, 0.6) is 17.2 Å². The van der Waals surface area contributed by atoms with Crippen LogP contribution in [0.25, 0.3) is 66.1 Å². The van der Waals surface area contributed by atoms with Gasteiger partial charge in [0.2, 0.25) is 0 Å². The molecule has 2 heterocycles. The topological polar surface area (TPSA) is 79.8 Å². The van der Waals surface area contributed by atoms with Gasteiger partial charge in [-0.05, 0) is 102 Å². The molecule has 0 saturated heterocycles. The third-order valence-electron chi connectivity index (χ3n) is 9.56. The summed E-state index contributed by atoms with van der Waals surface area (Å²) in [7, 11) is 0.690. The number of benzene rings is 8. The molecule has 8 heteroatoms. The number of nitrogens with zero attached hydrogens (tertiary/aromatic N) is 2. The van der Waals surface area contributed by atoms with Crippen LogP contribution in [0.4, 0.5) is 0 Å². The first-order valence-electron chi connectivity index (χ1n) is 18.0. The summed E-state index contributed by atoms with van der Waals surface area (Å²) < 4.78 is 10.4. The summed E-state index contributed by atoms with van der Waals surface area (Å²) in [5.41, 5.74) is 9.05. The quantitative estimate of drug-likeness (QED) is 0.152. The number of phenolic OH excluding ortho intramolecular Hbond substituents is 2. The first kappa shape index (κ1) is 36.3. The zero-order chi connectivity index (χ0) is 38.4. The Bertz CT molecular complexity index is 2800. The van der Waals surface area contributed by atoms with Gasteiger partial charge in [-0.1, -0.05) is 119 Å². The molecule has 0 saturated carbocycles. The lowest BCUT2D eigenvalue weighted by molar-refractivity contribution is 0.453. The van der Waals surface area contributed by atoms with Gasteiger partial charge in [0.25, 0.3) is 0 Å². The highest BCUT2D eigenvalue weighted by atomic mass is 79.9. The average molecular weight is 795 g/mol. The van der Waals surface area contributed by atoms with Crippen molar-refractivity contribution in [1.29, 1.82) is 0 Å². The van der Waals surface area contributed by atoms with Crippen LogP contribution in [0, 0.1) is 0 Å². The van der Waals surface area contributed by atoms with E-state index in [4.69, 9.17) is 14.8 Å². The minimum atomic E-state index is 0.286. The van der Waals surface area contributed by atoms with Crippen LogP contribution in [0.15, 0.2) is 199 Å². The van der Waals surface area contributed by atoms with Crippen molar-refractivity contribution in [2.75, 3.05) is 0 Å². The van der Waals surface area contributed by atoms with Crippen molar-refractivity contribution in [3.8, 4) is 39.8 Å². The molecule has 0 aliphatic heterocycles. The molecule has 10 rings (SSSR count). The van der Waals surface area contributed by atoms with Crippen molar-refractivity contribution in [2.45, 2.75) is 0 Å². The van der Waals surface area contributed by atoms with Crippen LogP contribution in [0.1, 0.15) is 0 Å². The van der Waals surface area contributed by atoms with Gasteiger partial charge in [0.15, 0.2) is 0 Å². The monoisotopic (exact) mass is 793 g/mol. The van der Waals surface area contributed by atoms with Gasteiger partial charge < -0.3 is 29.0 Å². The van der Waals surface area contributed by atoms with Crippen molar-refractivity contribution in [3.63, 3.8) is 0 Å². The maximum atomic E-state index is 9.71. The molecule has 0 aliphatic rings. The van der Waals surface area contributed by atoms with Crippen LogP contribution in [-0.4, -0.2) is 32.1 Å². The van der Waals surface area contributed by atoms with Gasteiger partial charge in [-0.2, -0.15) is 0 Å². The Morgan fingerprint density at radius 2 is 0.821 bits per heavy atom. The van der Waals surface area contributed by atoms with Crippen LogP contribution in [0.2, 0.25) is 0 Å². The first-order chi connectivity index (χ1) is 27.5. The maximum Gasteiger partial charge on any atom is 0.569 e. The van der Waals surface area contributed by atoms with Crippen LogP contribution >= 0.6 is 15.9 Å². The predicted molar refractivity (Wildman–Crippen MR) is 233 cm³/mol. The third-order valence-corrected chi connectivity index (χ3v) is 10.1. The molecule has 10 aromatic rings. The Hall–Kier alpha value is -6.74. The first-order valence-corrected chi connectivity index (χ1v) is 18.8. The van der Waals surface area contributed by atoms with E-state index in [0.717, 1.165) is 27.0 Å². The highest BCUT2D eigenvalue weighted by Crippen LogP contribution is 2.34. The van der Waals surface area contributed by atoms with Crippen molar-refractivity contribution in [3.05, 3.63) is 199 Å². The molecule has 0 aliphatic carbocycles. The fraction of sp³-hybridized carbons (Fsp3) is 0. The second-order valence-electron chi connectivity index (χ2n) is 13.0. The molecule has 6 nitrogen and oxygen atoms in total. The molecule has 0 bridgehead atoms. The second-order valence-corrected chi connectivity index (χ2v) is 13.9. The van der Waals surface area contributed by atoms with E-state index in [1.807, 2.05) is 42.5 Å². The van der Waals surface area contributed by atoms with Crippen molar-refractivity contribution < 1.29 is 19.9 Å². The van der Waals surface area contributed by atoms with Crippen LogP contribution in [-0.2, 0) is 0 Å². The molecule has 2 aromatic heterocycles. The maximum absolute atomic E-state index is 9.71. The number of hydrogen-bond acceptors (Lipinski definition) is 4. The average Bonchev–Trinajstić information content (AvgIpc) is 3.75. The summed E-state index contributed by atoms with van der Waals surface area (Å²) in [6, 6.07) is 64.2. The molecule has 271 valence electrons. The van der Waals surface area contributed by atoms with E-state index >= 15 is 0 Å². The van der Waals surface area contributed by atoms with Crippen molar-refractivity contribution in [2.24, 2.45) is 0 Å². The van der Waals surface area contributed by atoms with Gasteiger partial charge in [0, 0.05) is 37.4 Å². The van der Waals surface area contributed by atoms with Crippen LogP contribution in [0.3, 0.4) is 0 Å². The van der Waals surface area contributed by atoms with Crippen molar-refractivity contribution in [1.82, 2.24) is 9.13 Å². The summed E-state index contributed by atoms with van der Waals surface area (Å²) in [6.45, 7) is 0. The fourth-order valence-electron chi connectivity index (χ4n) is 7.10. The van der Waals surface area contributed by atoms with E-state index in [1.54, 1.807) is 30.3 Å². The number of aromatic hydroxyl groups is 2. The van der Waals surface area contributed by atoms with Gasteiger partial charge >= 0.3 is 7.69 Å². The number of phenols is 2. The molecule has 8 aromatic carbocycles. The molecule has 0 unspecified atom stereocenters. The third kappa shape index (κ3) is 7.48. The van der Waals surface area contributed by atoms with E-state index in [2.05, 4.69) is 146 Å². The zero-order valence-corrected chi connectivity index (χ0v) is 31.7. The van der Waals surface area contributed by atoms with E-state index < -0.39 is 0 Å². The molecule has 56 heavy (non-hydrogen) atoms. The predicted octanol–water partition coefficient (Wildman–Crippen LogP) is 12.0. The molecule has 0 spiro atoms. The number of halogens is 1. The highest BCUT2D eigenvalue weighted by Gasteiger charge is 2.13. The standard InChI is InChI=1S/C24H17NO.C18H13BNO2.C6H5BrO/c26-20-7-5-6-18(16-20)17-12-14-19(15-13-17)25-23-10-3-1-8-21(23)22-9-2-4-11-24(22)25;21-19-22-14-11-9-13(10-12-14)20-17-7-3-1-5-15(17)16-6-2-4-8-18(16)20;7-5-2-1-3-6(8)4-5/h1-16,26H;1-12,21H;1-4,8H. The van der Waals surface area contributed by atoms with E-state index in [9.17, 15) is 5.11 Å². The molecule has 1 radical (unpaired) electrons. The Morgan fingerprint density at radius 3 is 1.21 bits per heavy atom. The van der Waals surface area contributed by atoms with Gasteiger partial charge in [-0.3, -0.25) is 0 Å². The summed E-state index contributed by atoms with van der Waals surface area (Å²) >= 11 is 3.20. The van der Waals surface area contributed by atoms with E-state index in [1.165, 1.54) is 43.6 Å². The largest absolute Gasteiger partial charge is 0.569 e. The Morgan fingerprint density at radius 1 is 0.411 bits per heavy atom. The number of para-hydroxylation sites is 4. The smallest absolute Gasteiger partial charge is 0.537 e. The summed E-state index contributed by atoms with van der Waals surface area (Å²) in [6.07, 6.45) is 0. The summed E-state index contributed by atoms with van der Waals surface area (Å²) in [4.78, 5) is 0. The Labute approximate surface area is 333 Å². The van der Waals surface area contributed by atoms with E-state index in [0.29, 0.717) is 19.2 Å². The molecule has 3 N–H and O–H groups in total. The number of fused-ring (bicyclic) bond motifs is 6. The number of hydrogen-bond donors (Lipinski definition) is 3. The van der Waals surface area contributed by atoms with Gasteiger partial charge in [0.1, 0.15) is 17.2 Å². The molecule has 0 atom stereocenters. The van der Waals surface area contributed by atoms with Gasteiger partial charge in [0.05, 0.1) is 22.1 Å². The fourth-order valence-corrected chi connectivity index (χ4v) is 7.49. The summed E-state index contributed by atoms with van der Waals surface area (Å²) in [5, 5.41) is 32.2. The lowest BCUT2D eigenvalue weighted by Crippen LogP contribution is -2.00. The second kappa shape index (κ2) is 16.3. The van der Waals surface area contributed by atoms with Gasteiger partial charge in [-0.25, -0.2) is 0 Å². The van der Waals surface area contributed by atoms with Crippen LogP contribution < -0.4 is 4.65 Å². The SMILES string of the molecule is O[B]Oc1ccc(-n2c3ccccc3c3ccccc32)cc1.Oc1cccc(-c2ccc(-n3c4ccccc4c4ccccc43)cc2)c1.Oc1cccc(Br)c1. The molecular formula is C48H35BBrN2O4.